The topological polar surface area (TPSA) is 66.5 Å². The standard InChI is InChI=1S/C18H19BrN2O3S/c19-17-10-3-2-9-16(17)18(22)20-14-7-6-8-15(13-14)25(23,24)21-11-4-1-5-12-21/h2-3,6-10,13H,1,4-5,11-12H2,(H,20,22). The molecule has 0 aromatic heterocycles. The summed E-state index contributed by atoms with van der Waals surface area (Å²) in [6, 6.07) is 13.5. The van der Waals surface area contributed by atoms with Gasteiger partial charge >= 0.3 is 0 Å². The smallest absolute Gasteiger partial charge is 0.256 e. The molecule has 0 spiro atoms. The van der Waals surface area contributed by atoms with Gasteiger partial charge in [0.05, 0.1) is 10.5 Å². The maximum absolute atomic E-state index is 12.8. The summed E-state index contributed by atoms with van der Waals surface area (Å²) < 4.78 is 27.7. The maximum atomic E-state index is 12.8. The van der Waals surface area contributed by atoms with Crippen LogP contribution in [0.2, 0.25) is 0 Å². The first-order valence-electron chi connectivity index (χ1n) is 8.14. The zero-order valence-electron chi connectivity index (χ0n) is 13.6. The number of anilines is 1. The Balaban J connectivity index is 1.82. The lowest BCUT2D eigenvalue weighted by atomic mass is 10.2. The number of nitrogens with zero attached hydrogens (tertiary/aromatic N) is 1. The average molecular weight is 423 g/mol. The summed E-state index contributed by atoms with van der Waals surface area (Å²) in [5.41, 5.74) is 0.950. The molecule has 1 amide bonds. The van der Waals surface area contributed by atoms with E-state index >= 15 is 0 Å². The Morgan fingerprint density at radius 1 is 1.00 bits per heavy atom. The van der Waals surface area contributed by atoms with Crippen LogP contribution in [0.5, 0.6) is 0 Å². The van der Waals surface area contributed by atoms with Crippen molar-refractivity contribution in [3.63, 3.8) is 0 Å². The summed E-state index contributed by atoms with van der Waals surface area (Å²) in [4.78, 5) is 12.6. The highest BCUT2D eigenvalue weighted by Gasteiger charge is 2.26. The van der Waals surface area contributed by atoms with Gasteiger partial charge in [-0.15, -0.1) is 0 Å². The number of sulfonamides is 1. The molecule has 5 nitrogen and oxygen atoms in total. The first-order valence-corrected chi connectivity index (χ1v) is 10.4. The number of rotatable bonds is 4. The highest BCUT2D eigenvalue weighted by atomic mass is 79.9. The molecule has 0 atom stereocenters. The van der Waals surface area contributed by atoms with Crippen molar-refractivity contribution in [2.45, 2.75) is 24.2 Å². The normalized spacial score (nSPS) is 15.7. The van der Waals surface area contributed by atoms with Crippen LogP contribution in [0.3, 0.4) is 0 Å². The van der Waals surface area contributed by atoms with E-state index in [1.54, 1.807) is 36.4 Å². The van der Waals surface area contributed by atoms with Gasteiger partial charge in [0.1, 0.15) is 0 Å². The second-order valence-corrected chi connectivity index (χ2v) is 8.72. The second kappa shape index (κ2) is 7.68. The first kappa shape index (κ1) is 18.1. The molecule has 25 heavy (non-hydrogen) atoms. The molecule has 1 fully saturated rings. The molecule has 3 rings (SSSR count). The van der Waals surface area contributed by atoms with Gasteiger partial charge in [0.15, 0.2) is 0 Å². The summed E-state index contributed by atoms with van der Waals surface area (Å²) in [5.74, 6) is -0.292. The number of halogens is 1. The fourth-order valence-electron chi connectivity index (χ4n) is 2.83. The van der Waals surface area contributed by atoms with Crippen molar-refractivity contribution in [2.24, 2.45) is 0 Å². The molecule has 132 valence electrons. The van der Waals surface area contributed by atoms with Gasteiger partial charge in [0.25, 0.3) is 5.91 Å². The molecule has 0 aliphatic carbocycles. The second-order valence-electron chi connectivity index (χ2n) is 5.93. The molecule has 1 aliphatic rings. The third-order valence-electron chi connectivity index (χ3n) is 4.16. The van der Waals surface area contributed by atoms with E-state index in [1.807, 2.05) is 6.07 Å². The number of hydrogen-bond donors (Lipinski definition) is 1. The van der Waals surface area contributed by atoms with E-state index < -0.39 is 10.0 Å². The number of piperidine rings is 1. The van der Waals surface area contributed by atoms with Gasteiger partial charge in [-0.3, -0.25) is 4.79 Å². The first-order chi connectivity index (χ1) is 12.0. The molecule has 2 aromatic rings. The van der Waals surface area contributed by atoms with Crippen molar-refractivity contribution >= 4 is 37.5 Å². The predicted octanol–water partition coefficient (Wildman–Crippen LogP) is 3.88. The number of nitrogens with one attached hydrogen (secondary N) is 1. The lowest BCUT2D eigenvalue weighted by molar-refractivity contribution is 0.102. The van der Waals surface area contributed by atoms with E-state index in [0.29, 0.717) is 28.8 Å². The van der Waals surface area contributed by atoms with Crippen molar-refractivity contribution < 1.29 is 13.2 Å². The number of amides is 1. The quantitative estimate of drug-likeness (QED) is 0.812. The highest BCUT2D eigenvalue weighted by molar-refractivity contribution is 9.10. The molecule has 1 N–H and O–H groups in total. The molecule has 0 bridgehead atoms. The Morgan fingerprint density at radius 2 is 1.72 bits per heavy atom. The number of benzene rings is 2. The molecule has 1 saturated heterocycles. The minimum absolute atomic E-state index is 0.208. The third kappa shape index (κ3) is 4.11. The summed E-state index contributed by atoms with van der Waals surface area (Å²) in [5, 5.41) is 2.76. The van der Waals surface area contributed by atoms with Crippen LogP contribution in [-0.2, 0) is 10.0 Å². The van der Waals surface area contributed by atoms with Crippen molar-refractivity contribution in [3.05, 3.63) is 58.6 Å². The van der Waals surface area contributed by atoms with Crippen LogP contribution in [-0.4, -0.2) is 31.7 Å². The minimum Gasteiger partial charge on any atom is -0.322 e. The van der Waals surface area contributed by atoms with E-state index in [0.717, 1.165) is 19.3 Å². The largest absolute Gasteiger partial charge is 0.322 e. The predicted molar refractivity (Wildman–Crippen MR) is 101 cm³/mol. The molecular formula is C18H19BrN2O3S. The van der Waals surface area contributed by atoms with E-state index in [1.165, 1.54) is 10.4 Å². The van der Waals surface area contributed by atoms with Gasteiger partial charge in [0, 0.05) is 23.2 Å². The molecule has 1 aliphatic heterocycles. The Labute approximate surface area is 156 Å². The van der Waals surface area contributed by atoms with Crippen LogP contribution < -0.4 is 5.32 Å². The van der Waals surface area contributed by atoms with E-state index in [9.17, 15) is 13.2 Å². The van der Waals surface area contributed by atoms with E-state index in [-0.39, 0.29) is 10.8 Å². The lowest BCUT2D eigenvalue weighted by Gasteiger charge is -2.26. The van der Waals surface area contributed by atoms with Gasteiger partial charge in [-0.25, -0.2) is 8.42 Å². The summed E-state index contributed by atoms with van der Waals surface area (Å²) in [7, 11) is -3.52. The molecule has 7 heteroatoms. The zero-order valence-corrected chi connectivity index (χ0v) is 16.0. The molecule has 0 radical (unpaired) electrons. The van der Waals surface area contributed by atoms with Gasteiger partial charge < -0.3 is 5.32 Å². The van der Waals surface area contributed by atoms with Gasteiger partial charge in [-0.05, 0) is 59.1 Å². The summed E-state index contributed by atoms with van der Waals surface area (Å²) >= 11 is 3.35. The fraction of sp³-hybridized carbons (Fsp3) is 0.278. The van der Waals surface area contributed by atoms with E-state index in [2.05, 4.69) is 21.2 Å². The minimum atomic E-state index is -3.52. The Bertz CT molecular complexity index is 877. The molecule has 0 saturated carbocycles. The molecular weight excluding hydrogens is 404 g/mol. The Morgan fingerprint density at radius 3 is 2.44 bits per heavy atom. The van der Waals surface area contributed by atoms with Crippen molar-refractivity contribution in [2.75, 3.05) is 18.4 Å². The molecule has 2 aromatic carbocycles. The van der Waals surface area contributed by atoms with Crippen molar-refractivity contribution in [1.82, 2.24) is 4.31 Å². The third-order valence-corrected chi connectivity index (χ3v) is 6.75. The maximum Gasteiger partial charge on any atom is 0.256 e. The van der Waals surface area contributed by atoms with Crippen LogP contribution >= 0.6 is 15.9 Å². The van der Waals surface area contributed by atoms with Gasteiger partial charge in [-0.1, -0.05) is 24.6 Å². The summed E-state index contributed by atoms with van der Waals surface area (Å²) in [6.45, 7) is 1.10. The highest BCUT2D eigenvalue weighted by Crippen LogP contribution is 2.24. The fourth-order valence-corrected chi connectivity index (χ4v) is 4.86. The van der Waals surface area contributed by atoms with Gasteiger partial charge in [0.2, 0.25) is 10.0 Å². The summed E-state index contributed by atoms with van der Waals surface area (Å²) in [6.07, 6.45) is 2.84. The zero-order chi connectivity index (χ0) is 17.9. The molecule has 0 unspecified atom stereocenters. The number of carbonyl (C=O) groups excluding carboxylic acids is 1. The lowest BCUT2D eigenvalue weighted by Crippen LogP contribution is -2.35. The Kier molecular flexibility index (Phi) is 5.56. The number of carbonyl (C=O) groups is 1. The van der Waals surface area contributed by atoms with Crippen LogP contribution in [0.25, 0.3) is 0 Å². The van der Waals surface area contributed by atoms with E-state index in [4.69, 9.17) is 0 Å². The molecule has 1 heterocycles. The number of hydrogen-bond acceptors (Lipinski definition) is 3. The SMILES string of the molecule is O=C(Nc1cccc(S(=O)(=O)N2CCCCC2)c1)c1ccccc1Br. The van der Waals surface area contributed by atoms with Crippen LogP contribution in [0.15, 0.2) is 57.9 Å². The average Bonchev–Trinajstić information content (AvgIpc) is 2.63. The van der Waals surface area contributed by atoms with Crippen molar-refractivity contribution in [3.8, 4) is 0 Å². The van der Waals surface area contributed by atoms with Crippen LogP contribution in [0.1, 0.15) is 29.6 Å². The van der Waals surface area contributed by atoms with Gasteiger partial charge in [-0.2, -0.15) is 4.31 Å². The van der Waals surface area contributed by atoms with Crippen molar-refractivity contribution in [1.29, 1.82) is 0 Å². The monoisotopic (exact) mass is 422 g/mol. The van der Waals surface area contributed by atoms with Crippen LogP contribution in [0, 0.1) is 0 Å². The van der Waals surface area contributed by atoms with Crippen LogP contribution in [0.4, 0.5) is 5.69 Å². The Hall–Kier alpha value is -1.70.